The lowest BCUT2D eigenvalue weighted by molar-refractivity contribution is -0.140. The highest BCUT2D eigenvalue weighted by Gasteiger charge is 2.34. The summed E-state index contributed by atoms with van der Waals surface area (Å²) in [7, 11) is 0. The number of carbonyl (C=O) groups is 2. The maximum absolute atomic E-state index is 13.0. The number of ether oxygens (including phenoxy) is 1. The number of rotatable bonds is 3. The first kappa shape index (κ1) is 16.1. The number of benzene rings is 1. The Labute approximate surface area is 135 Å². The van der Waals surface area contributed by atoms with Crippen LogP contribution in [0, 0.1) is 17.7 Å². The molecule has 3 atom stereocenters. The van der Waals surface area contributed by atoms with Crippen molar-refractivity contribution in [1.29, 1.82) is 0 Å². The minimum Gasteiger partial charge on any atom is -0.370 e. The van der Waals surface area contributed by atoms with Crippen LogP contribution >= 0.6 is 0 Å². The van der Waals surface area contributed by atoms with Crippen molar-refractivity contribution in [2.45, 2.75) is 32.3 Å². The van der Waals surface area contributed by atoms with Crippen molar-refractivity contribution in [2.75, 3.05) is 19.7 Å². The quantitative estimate of drug-likeness (QED) is 0.860. The molecule has 1 amide bonds. The summed E-state index contributed by atoms with van der Waals surface area (Å²) in [6, 6.07) is 6.22. The van der Waals surface area contributed by atoms with E-state index in [4.69, 9.17) is 4.74 Å². The van der Waals surface area contributed by atoms with Gasteiger partial charge in [-0.05, 0) is 30.0 Å². The van der Waals surface area contributed by atoms with Gasteiger partial charge in [0.1, 0.15) is 17.7 Å². The normalized spacial score (nSPS) is 28.2. The molecule has 3 rings (SSSR count). The second-order valence-corrected chi connectivity index (χ2v) is 6.51. The van der Waals surface area contributed by atoms with Gasteiger partial charge in [-0.15, -0.1) is 0 Å². The third-order valence-corrected chi connectivity index (χ3v) is 5.07. The van der Waals surface area contributed by atoms with Crippen molar-refractivity contribution in [2.24, 2.45) is 11.8 Å². The average molecular weight is 319 g/mol. The van der Waals surface area contributed by atoms with Crippen LogP contribution in [0.25, 0.3) is 0 Å². The molecule has 0 unspecified atom stereocenters. The van der Waals surface area contributed by atoms with E-state index in [0.29, 0.717) is 32.5 Å². The molecular formula is C18H22FNO3. The fourth-order valence-electron chi connectivity index (χ4n) is 3.46. The van der Waals surface area contributed by atoms with Crippen LogP contribution in [0.4, 0.5) is 4.39 Å². The maximum atomic E-state index is 13.0. The molecule has 5 heteroatoms. The zero-order valence-electron chi connectivity index (χ0n) is 13.3. The predicted molar refractivity (Wildman–Crippen MR) is 83.2 cm³/mol. The summed E-state index contributed by atoms with van der Waals surface area (Å²) < 4.78 is 18.7. The molecule has 0 bridgehead atoms. The Balaban J connectivity index is 1.60. The fraction of sp³-hybridized carbons (Fsp3) is 0.556. The Bertz CT molecular complexity index is 586. The molecule has 1 aliphatic heterocycles. The Kier molecular flexibility index (Phi) is 4.76. The van der Waals surface area contributed by atoms with Crippen molar-refractivity contribution in [3.05, 3.63) is 35.6 Å². The molecule has 0 spiro atoms. The summed E-state index contributed by atoms with van der Waals surface area (Å²) in [5.41, 5.74) is 0.883. The molecule has 1 saturated carbocycles. The van der Waals surface area contributed by atoms with Gasteiger partial charge in [-0.1, -0.05) is 19.1 Å². The van der Waals surface area contributed by atoms with E-state index in [0.717, 1.165) is 12.0 Å². The van der Waals surface area contributed by atoms with E-state index in [-0.39, 0.29) is 35.4 Å². The maximum Gasteiger partial charge on any atom is 0.223 e. The van der Waals surface area contributed by atoms with E-state index >= 15 is 0 Å². The van der Waals surface area contributed by atoms with Gasteiger partial charge in [0.2, 0.25) is 5.91 Å². The lowest BCUT2D eigenvalue weighted by Gasteiger charge is -2.34. The first-order valence-electron chi connectivity index (χ1n) is 8.22. The van der Waals surface area contributed by atoms with Gasteiger partial charge in [0, 0.05) is 25.3 Å². The minimum absolute atomic E-state index is 0.00659. The van der Waals surface area contributed by atoms with Crippen LogP contribution in [-0.4, -0.2) is 36.3 Å². The lowest BCUT2D eigenvalue weighted by atomic mass is 9.93. The Hall–Kier alpha value is -1.75. The Morgan fingerprint density at radius 1 is 1.35 bits per heavy atom. The van der Waals surface area contributed by atoms with Crippen LogP contribution in [0.15, 0.2) is 24.3 Å². The second kappa shape index (κ2) is 6.79. The molecule has 1 aromatic rings. The summed E-state index contributed by atoms with van der Waals surface area (Å²) in [4.78, 5) is 26.0. The molecule has 2 aliphatic rings. The third-order valence-electron chi connectivity index (χ3n) is 5.07. The fourth-order valence-corrected chi connectivity index (χ4v) is 3.46. The standard InChI is InChI=1S/C18H22FNO3/c1-12-14(4-7-16(12)21)10-18(22)20-8-9-23-17(11-20)13-2-5-15(19)6-3-13/h2-3,5-6,12,14,17H,4,7-11H2,1H3/t12-,14-,17+/m0/s1. The van der Waals surface area contributed by atoms with E-state index in [1.165, 1.54) is 12.1 Å². The van der Waals surface area contributed by atoms with Crippen LogP contribution in [0.1, 0.15) is 37.9 Å². The van der Waals surface area contributed by atoms with Gasteiger partial charge in [0.25, 0.3) is 0 Å². The van der Waals surface area contributed by atoms with Gasteiger partial charge in [0.05, 0.1) is 13.2 Å². The molecule has 0 N–H and O–H groups in total. The van der Waals surface area contributed by atoms with E-state index in [9.17, 15) is 14.0 Å². The largest absolute Gasteiger partial charge is 0.370 e. The molecule has 4 nitrogen and oxygen atoms in total. The van der Waals surface area contributed by atoms with Crippen molar-refractivity contribution in [3.8, 4) is 0 Å². The van der Waals surface area contributed by atoms with Gasteiger partial charge >= 0.3 is 0 Å². The smallest absolute Gasteiger partial charge is 0.223 e. The Morgan fingerprint density at radius 3 is 2.74 bits per heavy atom. The minimum atomic E-state index is -0.280. The SMILES string of the molecule is C[C@@H]1C(=O)CC[C@H]1CC(=O)N1CCO[C@@H](c2ccc(F)cc2)C1. The van der Waals surface area contributed by atoms with Crippen molar-refractivity contribution in [3.63, 3.8) is 0 Å². The average Bonchev–Trinajstić information content (AvgIpc) is 2.88. The predicted octanol–water partition coefficient (Wildman–Crippen LogP) is 2.73. The van der Waals surface area contributed by atoms with Crippen LogP contribution in [0.2, 0.25) is 0 Å². The van der Waals surface area contributed by atoms with E-state index in [1.807, 2.05) is 11.8 Å². The number of amides is 1. The highest BCUT2D eigenvalue weighted by molar-refractivity contribution is 5.85. The summed E-state index contributed by atoms with van der Waals surface area (Å²) >= 11 is 0. The van der Waals surface area contributed by atoms with E-state index in [2.05, 4.69) is 0 Å². The van der Waals surface area contributed by atoms with E-state index in [1.54, 1.807) is 12.1 Å². The number of hydrogen-bond acceptors (Lipinski definition) is 3. The summed E-state index contributed by atoms with van der Waals surface area (Å²) in [5, 5.41) is 0. The molecule has 0 aromatic heterocycles. The highest BCUT2D eigenvalue weighted by atomic mass is 19.1. The van der Waals surface area contributed by atoms with Crippen molar-refractivity contribution >= 4 is 11.7 Å². The van der Waals surface area contributed by atoms with Gasteiger partial charge < -0.3 is 9.64 Å². The Morgan fingerprint density at radius 2 is 2.09 bits per heavy atom. The number of morpholine rings is 1. The number of Topliss-reactive ketones (excluding diaryl/α,β-unsaturated/α-hetero) is 1. The molecule has 1 saturated heterocycles. The molecular weight excluding hydrogens is 297 g/mol. The number of halogens is 1. The van der Waals surface area contributed by atoms with Gasteiger partial charge in [-0.3, -0.25) is 9.59 Å². The first-order chi connectivity index (χ1) is 11.0. The van der Waals surface area contributed by atoms with Crippen LogP contribution < -0.4 is 0 Å². The molecule has 1 aromatic carbocycles. The van der Waals surface area contributed by atoms with Gasteiger partial charge in [-0.2, -0.15) is 0 Å². The summed E-state index contributed by atoms with van der Waals surface area (Å²) in [6.45, 7) is 3.46. The molecule has 1 aliphatic carbocycles. The van der Waals surface area contributed by atoms with Gasteiger partial charge in [0.15, 0.2) is 0 Å². The van der Waals surface area contributed by atoms with Gasteiger partial charge in [-0.25, -0.2) is 4.39 Å². The molecule has 2 fully saturated rings. The molecule has 124 valence electrons. The third kappa shape index (κ3) is 3.61. The lowest BCUT2D eigenvalue weighted by Crippen LogP contribution is -2.43. The molecule has 0 radical (unpaired) electrons. The number of carbonyl (C=O) groups excluding carboxylic acids is 2. The van der Waals surface area contributed by atoms with Crippen molar-refractivity contribution in [1.82, 2.24) is 4.90 Å². The topological polar surface area (TPSA) is 46.6 Å². The summed E-state index contributed by atoms with van der Waals surface area (Å²) in [6.07, 6.45) is 1.64. The number of hydrogen-bond donors (Lipinski definition) is 0. The highest BCUT2D eigenvalue weighted by Crippen LogP contribution is 2.32. The molecule has 23 heavy (non-hydrogen) atoms. The van der Waals surface area contributed by atoms with Crippen LogP contribution in [0.3, 0.4) is 0 Å². The summed E-state index contributed by atoms with van der Waals surface area (Å²) in [5.74, 6) is 0.244. The first-order valence-corrected chi connectivity index (χ1v) is 8.22. The second-order valence-electron chi connectivity index (χ2n) is 6.51. The van der Waals surface area contributed by atoms with Crippen molar-refractivity contribution < 1.29 is 18.7 Å². The van der Waals surface area contributed by atoms with Crippen LogP contribution in [0.5, 0.6) is 0 Å². The number of ketones is 1. The molecule has 1 heterocycles. The zero-order valence-corrected chi connectivity index (χ0v) is 13.3. The monoisotopic (exact) mass is 319 g/mol. The number of nitrogens with zero attached hydrogens (tertiary/aromatic N) is 1. The van der Waals surface area contributed by atoms with Crippen LogP contribution in [-0.2, 0) is 14.3 Å². The van der Waals surface area contributed by atoms with E-state index < -0.39 is 0 Å². The zero-order chi connectivity index (χ0) is 16.4.